The van der Waals surface area contributed by atoms with Crippen LogP contribution in [-0.2, 0) is 0 Å². The first-order valence-electron chi connectivity index (χ1n) is 11.9. The van der Waals surface area contributed by atoms with Crippen LogP contribution in [0.15, 0.2) is 54.9 Å². The van der Waals surface area contributed by atoms with Gasteiger partial charge in [0.25, 0.3) is 0 Å². The van der Waals surface area contributed by atoms with Crippen LogP contribution in [0.4, 0.5) is 15.9 Å². The fourth-order valence-corrected chi connectivity index (χ4v) is 4.58. The fraction of sp³-hybridized carbons (Fsp3) is 0.231. The van der Waals surface area contributed by atoms with Gasteiger partial charge in [-0.3, -0.25) is 4.57 Å². The first-order chi connectivity index (χ1) is 18.0. The maximum atomic E-state index is 14.0. The highest BCUT2D eigenvalue weighted by Gasteiger charge is 2.28. The first kappa shape index (κ1) is 22.8. The predicted molar refractivity (Wildman–Crippen MR) is 136 cm³/mol. The summed E-state index contributed by atoms with van der Waals surface area (Å²) < 4.78 is 17.6. The van der Waals surface area contributed by atoms with E-state index >= 15 is 0 Å². The monoisotopic (exact) mass is 494 g/mol. The minimum atomic E-state index is -0.919. The minimum absolute atomic E-state index is 0.196. The summed E-state index contributed by atoms with van der Waals surface area (Å²) in [4.78, 5) is 9.51. The third-order valence-electron chi connectivity index (χ3n) is 6.41. The van der Waals surface area contributed by atoms with Gasteiger partial charge in [0.2, 0.25) is 0 Å². The molecule has 1 aromatic carbocycles. The first-order valence-corrected chi connectivity index (χ1v) is 11.9. The number of halogens is 1. The van der Waals surface area contributed by atoms with Gasteiger partial charge in [0.15, 0.2) is 17.3 Å². The van der Waals surface area contributed by atoms with E-state index in [4.69, 9.17) is 4.98 Å². The van der Waals surface area contributed by atoms with Crippen LogP contribution in [0.3, 0.4) is 0 Å². The van der Waals surface area contributed by atoms with Crippen molar-refractivity contribution in [2.24, 2.45) is 0 Å². The molecule has 4 aromatic heterocycles. The number of benzene rings is 1. The molecule has 0 saturated carbocycles. The lowest BCUT2D eigenvalue weighted by Gasteiger charge is -2.17. The minimum Gasteiger partial charge on any atom is -0.339 e. The lowest BCUT2D eigenvalue weighted by atomic mass is 10.1. The molecule has 6 rings (SSSR count). The Morgan fingerprint density at radius 2 is 2.00 bits per heavy atom. The summed E-state index contributed by atoms with van der Waals surface area (Å²) in [5.41, 5.74) is 5.22. The molecule has 5 aromatic rings. The smallest absolute Gasteiger partial charge is 0.163 e. The zero-order valence-corrected chi connectivity index (χ0v) is 20.2. The number of alkyl halides is 1. The van der Waals surface area contributed by atoms with Crippen LogP contribution in [0.2, 0.25) is 0 Å². The number of aromatic nitrogens is 7. The van der Waals surface area contributed by atoms with E-state index in [9.17, 15) is 9.65 Å². The Morgan fingerprint density at radius 1 is 1.11 bits per heavy atom. The lowest BCUT2D eigenvalue weighted by Crippen LogP contribution is -2.18. The van der Waals surface area contributed by atoms with Gasteiger partial charge in [-0.15, -0.1) is 5.10 Å². The van der Waals surface area contributed by atoms with Gasteiger partial charge in [-0.2, -0.15) is 15.5 Å². The van der Waals surface area contributed by atoms with Crippen LogP contribution in [0.1, 0.15) is 35.1 Å². The molecule has 0 bridgehead atoms. The highest BCUT2D eigenvalue weighted by molar-refractivity contribution is 5.82. The second-order valence-corrected chi connectivity index (χ2v) is 9.07. The number of anilines is 2. The number of nitrogens with one attached hydrogen (secondary N) is 2. The van der Waals surface area contributed by atoms with Gasteiger partial charge >= 0.3 is 0 Å². The number of nitrogens with zero attached hydrogens (tertiary/aromatic N) is 8. The van der Waals surface area contributed by atoms with E-state index in [1.165, 1.54) is 0 Å². The fourth-order valence-electron chi connectivity index (χ4n) is 4.58. The van der Waals surface area contributed by atoms with Crippen LogP contribution in [0.25, 0.3) is 22.7 Å². The van der Waals surface area contributed by atoms with Crippen molar-refractivity contribution in [2.75, 3.05) is 11.9 Å². The third kappa shape index (κ3) is 4.28. The Balaban J connectivity index is 1.40. The number of nitriles is 1. The molecular weight excluding hydrogens is 471 g/mol. The molecule has 0 spiro atoms. The Bertz CT molecular complexity index is 1650. The number of hydrogen-bond acceptors (Lipinski definition) is 8. The molecular formula is C26H23FN10. The third-order valence-corrected chi connectivity index (χ3v) is 6.41. The molecule has 1 fully saturated rings. The number of hydrogen-bond donors (Lipinski definition) is 2. The van der Waals surface area contributed by atoms with Gasteiger partial charge < -0.3 is 10.6 Å². The summed E-state index contributed by atoms with van der Waals surface area (Å²) in [5, 5.41) is 28.5. The summed E-state index contributed by atoms with van der Waals surface area (Å²) in [5.74, 6) is 1.84. The Hall–Kier alpha value is -4.69. The summed E-state index contributed by atoms with van der Waals surface area (Å²) >= 11 is 0. The summed E-state index contributed by atoms with van der Waals surface area (Å²) in [6.07, 6.45) is 1.15. The van der Waals surface area contributed by atoms with Crippen LogP contribution in [-0.4, -0.2) is 47.2 Å². The maximum absolute atomic E-state index is 14.0. The van der Waals surface area contributed by atoms with Crippen LogP contribution in [0.5, 0.6) is 0 Å². The number of fused-ring (bicyclic) bond motifs is 1. The van der Waals surface area contributed by atoms with Crippen molar-refractivity contribution in [3.8, 4) is 17.7 Å². The zero-order chi connectivity index (χ0) is 25.5. The second-order valence-electron chi connectivity index (χ2n) is 9.07. The highest BCUT2D eigenvalue weighted by Crippen LogP contribution is 2.31. The summed E-state index contributed by atoms with van der Waals surface area (Å²) in [6, 6.07) is 17.0. The molecule has 0 radical (unpaired) electrons. The Kier molecular flexibility index (Phi) is 5.58. The molecule has 37 heavy (non-hydrogen) atoms. The number of imidazole rings is 1. The van der Waals surface area contributed by atoms with Gasteiger partial charge in [-0.25, -0.2) is 19.0 Å². The summed E-state index contributed by atoms with van der Waals surface area (Å²) in [7, 11) is 0. The van der Waals surface area contributed by atoms with Crippen LogP contribution < -0.4 is 10.6 Å². The van der Waals surface area contributed by atoms with Crippen molar-refractivity contribution >= 4 is 22.5 Å². The highest BCUT2D eigenvalue weighted by atomic mass is 19.1. The van der Waals surface area contributed by atoms with Gasteiger partial charge in [0.05, 0.1) is 16.7 Å². The molecule has 10 nitrogen and oxygen atoms in total. The van der Waals surface area contributed by atoms with Gasteiger partial charge in [0.1, 0.15) is 24.4 Å². The summed E-state index contributed by atoms with van der Waals surface area (Å²) in [6.45, 7) is 4.05. The van der Waals surface area contributed by atoms with E-state index in [1.807, 2.05) is 60.9 Å². The SMILES string of the molecule is Cc1ccc(Nc2ccc3c(c2)ncn3-c2ccc([C@H]3CC(F)CN3)c(-n3nc(C#N)cc3C)n2)nn1. The maximum Gasteiger partial charge on any atom is 0.163 e. The molecule has 5 heterocycles. The Morgan fingerprint density at radius 3 is 2.73 bits per heavy atom. The van der Waals surface area contributed by atoms with Crippen LogP contribution >= 0.6 is 0 Å². The van der Waals surface area contributed by atoms with E-state index in [-0.39, 0.29) is 6.04 Å². The molecule has 2 N–H and O–H groups in total. The van der Waals surface area contributed by atoms with Crippen molar-refractivity contribution in [3.05, 3.63) is 77.5 Å². The van der Waals surface area contributed by atoms with Crippen LogP contribution in [0, 0.1) is 25.2 Å². The standard InChI is InChI=1S/C26H23FN10/c1-15-3-7-24(34-33-15)31-18-4-6-23-22(11-18)30-14-36(23)25-8-5-20(21-10-17(27)13-29-21)26(32-25)37-16(2)9-19(12-28)35-37/h3-9,11,14,17,21,29H,10,13H2,1-2H3,(H,31,34)/t17?,21-/m1/s1. The lowest BCUT2D eigenvalue weighted by molar-refractivity contribution is 0.356. The zero-order valence-electron chi connectivity index (χ0n) is 20.2. The average Bonchev–Trinajstić information content (AvgIpc) is 3.63. The van der Waals surface area contributed by atoms with E-state index < -0.39 is 6.17 Å². The molecule has 0 amide bonds. The van der Waals surface area contributed by atoms with Crippen molar-refractivity contribution < 1.29 is 4.39 Å². The van der Waals surface area contributed by atoms with E-state index in [1.54, 1.807) is 17.1 Å². The van der Waals surface area contributed by atoms with Crippen molar-refractivity contribution in [2.45, 2.75) is 32.5 Å². The molecule has 1 unspecified atom stereocenters. The van der Waals surface area contributed by atoms with Gasteiger partial charge in [-0.1, -0.05) is 0 Å². The molecule has 1 aliphatic rings. The van der Waals surface area contributed by atoms with Crippen molar-refractivity contribution in [3.63, 3.8) is 0 Å². The molecule has 184 valence electrons. The predicted octanol–water partition coefficient (Wildman–Crippen LogP) is 4.00. The number of pyridine rings is 1. The molecule has 2 atom stereocenters. The van der Waals surface area contributed by atoms with Gasteiger partial charge in [-0.05, 0) is 68.8 Å². The van der Waals surface area contributed by atoms with E-state index in [0.717, 1.165) is 33.7 Å². The van der Waals surface area contributed by atoms with E-state index in [0.29, 0.717) is 36.1 Å². The van der Waals surface area contributed by atoms with E-state index in [2.05, 4.69) is 37.0 Å². The molecule has 0 aliphatic carbocycles. The quantitative estimate of drug-likeness (QED) is 0.376. The second kappa shape index (κ2) is 9.07. The average molecular weight is 495 g/mol. The van der Waals surface area contributed by atoms with Crippen molar-refractivity contribution in [1.82, 2.24) is 39.8 Å². The molecule has 1 aliphatic heterocycles. The molecule has 1 saturated heterocycles. The van der Waals surface area contributed by atoms with Crippen molar-refractivity contribution in [1.29, 1.82) is 5.26 Å². The molecule has 11 heteroatoms. The normalized spacial score (nSPS) is 17.2. The Labute approximate surface area is 211 Å². The topological polar surface area (TPSA) is 122 Å². The number of aryl methyl sites for hydroxylation is 2. The van der Waals surface area contributed by atoms with Gasteiger partial charge in [0, 0.05) is 29.5 Å². The number of rotatable bonds is 5. The largest absolute Gasteiger partial charge is 0.339 e.